The van der Waals surface area contributed by atoms with Gasteiger partial charge in [-0.05, 0) is 30.9 Å². The van der Waals surface area contributed by atoms with Crippen molar-refractivity contribution in [3.63, 3.8) is 0 Å². The van der Waals surface area contributed by atoms with Crippen LogP contribution in [0.2, 0.25) is 0 Å². The Hall–Kier alpha value is -1.29. The Bertz CT molecular complexity index is 332. The van der Waals surface area contributed by atoms with E-state index >= 15 is 0 Å². The van der Waals surface area contributed by atoms with Crippen LogP contribution in [0.3, 0.4) is 0 Å². The van der Waals surface area contributed by atoms with Gasteiger partial charge in [-0.2, -0.15) is 0 Å². The van der Waals surface area contributed by atoms with Crippen LogP contribution in [0.5, 0.6) is 0 Å². The van der Waals surface area contributed by atoms with E-state index in [1.165, 1.54) is 19.3 Å². The molecule has 4 nitrogen and oxygen atoms in total. The third-order valence-electron chi connectivity index (χ3n) is 3.40. The van der Waals surface area contributed by atoms with Crippen molar-refractivity contribution in [2.24, 2.45) is 11.8 Å². The van der Waals surface area contributed by atoms with Crippen LogP contribution in [0.15, 0.2) is 18.2 Å². The number of nitrogens with two attached hydrogens (primary N) is 1. The standard InChI is InChI=1S/C12H20N4/c1-2-10-6-8-16(9-7-10)12-5-3-4-11(14-12)15-13/h3-5,10H,2,6-9,13H2,1H3,(H,14,15). The zero-order chi connectivity index (χ0) is 11.4. The summed E-state index contributed by atoms with van der Waals surface area (Å²) in [7, 11) is 0. The monoisotopic (exact) mass is 220 g/mol. The van der Waals surface area contributed by atoms with E-state index in [1.807, 2.05) is 18.2 Å². The third kappa shape index (κ3) is 2.44. The number of hydrogen-bond donors (Lipinski definition) is 2. The topological polar surface area (TPSA) is 54.2 Å². The van der Waals surface area contributed by atoms with Crippen molar-refractivity contribution >= 4 is 11.6 Å². The summed E-state index contributed by atoms with van der Waals surface area (Å²) in [6, 6.07) is 5.92. The molecule has 4 heteroatoms. The number of hydrogen-bond acceptors (Lipinski definition) is 4. The van der Waals surface area contributed by atoms with E-state index in [0.717, 1.165) is 30.6 Å². The summed E-state index contributed by atoms with van der Waals surface area (Å²) in [6.45, 7) is 4.50. The Morgan fingerprint density at radius 3 is 2.81 bits per heavy atom. The second-order valence-corrected chi connectivity index (χ2v) is 4.36. The molecule has 2 heterocycles. The van der Waals surface area contributed by atoms with Crippen molar-refractivity contribution in [1.82, 2.24) is 4.98 Å². The highest BCUT2D eigenvalue weighted by atomic mass is 15.3. The van der Waals surface area contributed by atoms with Gasteiger partial charge in [0.2, 0.25) is 0 Å². The van der Waals surface area contributed by atoms with Crippen molar-refractivity contribution in [2.45, 2.75) is 26.2 Å². The summed E-state index contributed by atoms with van der Waals surface area (Å²) < 4.78 is 0. The summed E-state index contributed by atoms with van der Waals surface area (Å²) in [4.78, 5) is 6.80. The van der Waals surface area contributed by atoms with Gasteiger partial charge in [0.05, 0.1) is 0 Å². The van der Waals surface area contributed by atoms with Gasteiger partial charge < -0.3 is 10.3 Å². The van der Waals surface area contributed by atoms with Crippen LogP contribution < -0.4 is 16.2 Å². The van der Waals surface area contributed by atoms with Crippen molar-refractivity contribution in [3.8, 4) is 0 Å². The van der Waals surface area contributed by atoms with Gasteiger partial charge in [-0.3, -0.25) is 0 Å². The summed E-state index contributed by atoms with van der Waals surface area (Å²) >= 11 is 0. The number of rotatable bonds is 3. The average Bonchev–Trinajstić information content (AvgIpc) is 2.39. The molecule has 0 amide bonds. The lowest BCUT2D eigenvalue weighted by molar-refractivity contribution is 0.394. The Morgan fingerprint density at radius 1 is 1.44 bits per heavy atom. The largest absolute Gasteiger partial charge is 0.357 e. The van der Waals surface area contributed by atoms with Crippen LogP contribution in [-0.4, -0.2) is 18.1 Å². The molecule has 1 aliphatic rings. The quantitative estimate of drug-likeness (QED) is 0.604. The van der Waals surface area contributed by atoms with Crippen molar-refractivity contribution < 1.29 is 0 Å². The predicted octanol–water partition coefficient (Wildman–Crippen LogP) is 1.99. The van der Waals surface area contributed by atoms with Gasteiger partial charge in [0.15, 0.2) is 0 Å². The maximum Gasteiger partial charge on any atom is 0.142 e. The van der Waals surface area contributed by atoms with Crippen LogP contribution in [0.1, 0.15) is 26.2 Å². The van der Waals surface area contributed by atoms with Crippen molar-refractivity contribution in [2.75, 3.05) is 23.4 Å². The van der Waals surface area contributed by atoms with Crippen LogP contribution >= 0.6 is 0 Å². The SMILES string of the molecule is CCC1CCN(c2cccc(NN)n2)CC1. The predicted molar refractivity (Wildman–Crippen MR) is 67.3 cm³/mol. The van der Waals surface area contributed by atoms with Gasteiger partial charge in [0, 0.05) is 13.1 Å². The molecular weight excluding hydrogens is 200 g/mol. The van der Waals surface area contributed by atoms with Gasteiger partial charge >= 0.3 is 0 Å². The smallest absolute Gasteiger partial charge is 0.142 e. The lowest BCUT2D eigenvalue weighted by Gasteiger charge is -2.32. The molecule has 0 unspecified atom stereocenters. The van der Waals surface area contributed by atoms with Crippen molar-refractivity contribution in [1.29, 1.82) is 0 Å². The summed E-state index contributed by atoms with van der Waals surface area (Å²) in [5, 5.41) is 0. The Kier molecular flexibility index (Phi) is 3.62. The third-order valence-corrected chi connectivity index (χ3v) is 3.40. The molecule has 88 valence electrons. The van der Waals surface area contributed by atoms with Gasteiger partial charge in [-0.1, -0.05) is 19.4 Å². The van der Waals surface area contributed by atoms with E-state index in [0.29, 0.717) is 0 Å². The summed E-state index contributed by atoms with van der Waals surface area (Å²) in [5.74, 6) is 8.02. The van der Waals surface area contributed by atoms with Gasteiger partial charge in [-0.15, -0.1) is 0 Å². The Labute approximate surface area is 96.8 Å². The van der Waals surface area contributed by atoms with Crippen molar-refractivity contribution in [3.05, 3.63) is 18.2 Å². The van der Waals surface area contributed by atoms with Gasteiger partial charge in [-0.25, -0.2) is 10.8 Å². The first-order valence-corrected chi connectivity index (χ1v) is 6.02. The zero-order valence-electron chi connectivity index (χ0n) is 9.82. The molecule has 0 radical (unpaired) electrons. The van der Waals surface area contributed by atoms with E-state index in [4.69, 9.17) is 5.84 Å². The number of anilines is 2. The highest BCUT2D eigenvalue weighted by Gasteiger charge is 2.18. The molecule has 0 atom stereocenters. The van der Waals surface area contributed by atoms with Crippen LogP contribution in [-0.2, 0) is 0 Å². The molecule has 0 bridgehead atoms. The number of aromatic nitrogens is 1. The second-order valence-electron chi connectivity index (χ2n) is 4.36. The number of piperidine rings is 1. The fourth-order valence-corrected chi connectivity index (χ4v) is 2.25. The number of pyridine rings is 1. The molecule has 0 spiro atoms. The molecule has 1 aromatic heterocycles. The fourth-order valence-electron chi connectivity index (χ4n) is 2.25. The Morgan fingerprint density at radius 2 is 2.19 bits per heavy atom. The number of nitrogens with zero attached hydrogens (tertiary/aromatic N) is 2. The Balaban J connectivity index is 2.02. The molecule has 2 rings (SSSR count). The minimum atomic E-state index is 0.732. The lowest BCUT2D eigenvalue weighted by Crippen LogP contribution is -2.34. The molecule has 3 N–H and O–H groups in total. The first-order valence-electron chi connectivity index (χ1n) is 6.02. The molecule has 1 aromatic rings. The lowest BCUT2D eigenvalue weighted by atomic mass is 9.94. The molecule has 0 aliphatic carbocycles. The molecular formula is C12H20N4. The van der Waals surface area contributed by atoms with Crippen LogP contribution in [0.4, 0.5) is 11.6 Å². The maximum absolute atomic E-state index is 5.36. The van der Waals surface area contributed by atoms with Crippen LogP contribution in [0.25, 0.3) is 0 Å². The van der Waals surface area contributed by atoms with E-state index in [9.17, 15) is 0 Å². The first-order chi connectivity index (χ1) is 7.83. The molecule has 1 fully saturated rings. The molecule has 1 saturated heterocycles. The number of hydrazine groups is 1. The van der Waals surface area contributed by atoms with E-state index in [2.05, 4.69) is 22.2 Å². The van der Waals surface area contributed by atoms with E-state index < -0.39 is 0 Å². The molecule has 1 aliphatic heterocycles. The maximum atomic E-state index is 5.36. The first kappa shape index (κ1) is 11.2. The van der Waals surface area contributed by atoms with E-state index in [1.54, 1.807) is 0 Å². The van der Waals surface area contributed by atoms with E-state index in [-0.39, 0.29) is 0 Å². The minimum absolute atomic E-state index is 0.732. The number of nitrogens with one attached hydrogen (secondary N) is 1. The van der Waals surface area contributed by atoms with Gasteiger partial charge in [0.1, 0.15) is 11.6 Å². The molecule has 0 saturated carbocycles. The zero-order valence-corrected chi connectivity index (χ0v) is 9.82. The summed E-state index contributed by atoms with van der Waals surface area (Å²) in [5.41, 5.74) is 2.59. The highest BCUT2D eigenvalue weighted by Crippen LogP contribution is 2.24. The van der Waals surface area contributed by atoms with Gasteiger partial charge in [0.25, 0.3) is 0 Å². The second kappa shape index (κ2) is 5.16. The molecule has 0 aromatic carbocycles. The highest BCUT2D eigenvalue weighted by molar-refractivity contribution is 5.46. The molecule has 16 heavy (non-hydrogen) atoms. The summed E-state index contributed by atoms with van der Waals surface area (Å²) in [6.07, 6.45) is 3.85. The van der Waals surface area contributed by atoms with Crippen LogP contribution in [0, 0.1) is 5.92 Å². The minimum Gasteiger partial charge on any atom is -0.357 e. The fraction of sp³-hybridized carbons (Fsp3) is 0.583. The number of nitrogen functional groups attached to an aromatic ring is 1. The normalized spacial score (nSPS) is 17.5. The average molecular weight is 220 g/mol.